The Morgan fingerprint density at radius 3 is 2.39 bits per heavy atom. The lowest BCUT2D eigenvalue weighted by Crippen LogP contribution is -2.04. The molecule has 0 saturated carbocycles. The molecule has 18 heavy (non-hydrogen) atoms. The topological polar surface area (TPSA) is 26.0 Å². The molecule has 0 spiro atoms. The zero-order valence-corrected chi connectivity index (χ0v) is 9.89. The van der Waals surface area contributed by atoms with Crippen LogP contribution in [-0.2, 0) is 6.18 Å². The molecule has 0 unspecified atom stereocenters. The number of benzene rings is 2. The summed E-state index contributed by atoms with van der Waals surface area (Å²) in [6.45, 7) is 0. The van der Waals surface area contributed by atoms with E-state index in [4.69, 9.17) is 17.3 Å². The molecule has 0 atom stereocenters. The Bertz CT molecular complexity index is 579. The Labute approximate surface area is 107 Å². The highest BCUT2D eigenvalue weighted by Gasteiger charge is 2.30. The Morgan fingerprint density at radius 1 is 1.00 bits per heavy atom. The zero-order valence-electron chi connectivity index (χ0n) is 9.13. The molecule has 1 nitrogen and oxygen atoms in total. The first-order chi connectivity index (χ1) is 8.38. The number of anilines is 1. The second-order valence-corrected chi connectivity index (χ2v) is 4.23. The molecule has 0 bridgehead atoms. The summed E-state index contributed by atoms with van der Waals surface area (Å²) < 4.78 is 37.8. The summed E-state index contributed by atoms with van der Waals surface area (Å²) in [5, 5.41) is 0.364. The predicted molar refractivity (Wildman–Crippen MR) is 66.3 cm³/mol. The summed E-state index contributed by atoms with van der Waals surface area (Å²) in [7, 11) is 0. The normalized spacial score (nSPS) is 11.6. The van der Waals surface area contributed by atoms with Gasteiger partial charge in [0.15, 0.2) is 0 Å². The fourth-order valence-corrected chi connectivity index (χ4v) is 1.85. The lowest BCUT2D eigenvalue weighted by molar-refractivity contribution is -0.137. The summed E-state index contributed by atoms with van der Waals surface area (Å²) in [5.74, 6) is 0. The first-order valence-corrected chi connectivity index (χ1v) is 5.48. The third-order valence-electron chi connectivity index (χ3n) is 2.49. The van der Waals surface area contributed by atoms with E-state index >= 15 is 0 Å². The molecule has 2 N–H and O–H groups in total. The number of hydrogen-bond donors (Lipinski definition) is 1. The summed E-state index contributed by atoms with van der Waals surface area (Å²) in [6.07, 6.45) is -4.37. The van der Waals surface area contributed by atoms with Crippen LogP contribution in [0.25, 0.3) is 11.1 Å². The van der Waals surface area contributed by atoms with Crippen LogP contribution in [0.5, 0.6) is 0 Å². The fraction of sp³-hybridized carbons (Fsp3) is 0.0769. The molecule has 0 aliphatic carbocycles. The van der Waals surface area contributed by atoms with E-state index in [1.54, 1.807) is 24.3 Å². The number of halogens is 4. The van der Waals surface area contributed by atoms with Crippen LogP contribution in [-0.4, -0.2) is 0 Å². The van der Waals surface area contributed by atoms with Crippen molar-refractivity contribution < 1.29 is 13.2 Å². The van der Waals surface area contributed by atoms with Gasteiger partial charge >= 0.3 is 6.18 Å². The Kier molecular flexibility index (Phi) is 3.22. The zero-order chi connectivity index (χ0) is 13.3. The van der Waals surface area contributed by atoms with Gasteiger partial charge in [0.25, 0.3) is 0 Å². The van der Waals surface area contributed by atoms with Crippen LogP contribution in [0.2, 0.25) is 5.02 Å². The lowest BCUT2D eigenvalue weighted by Gasteiger charge is -2.10. The van der Waals surface area contributed by atoms with Crippen LogP contribution >= 0.6 is 11.6 Å². The maximum Gasteiger partial charge on any atom is 0.416 e. The molecule has 0 amide bonds. The largest absolute Gasteiger partial charge is 0.416 e. The molecule has 2 aromatic carbocycles. The molecule has 0 radical (unpaired) electrons. The first kappa shape index (κ1) is 12.8. The molecule has 0 heterocycles. The third kappa shape index (κ3) is 2.59. The van der Waals surface area contributed by atoms with Crippen molar-refractivity contribution in [3.05, 3.63) is 53.1 Å². The van der Waals surface area contributed by atoms with E-state index in [2.05, 4.69) is 0 Å². The average Bonchev–Trinajstić information content (AvgIpc) is 2.31. The molecule has 0 aliphatic rings. The van der Waals surface area contributed by atoms with Gasteiger partial charge in [0.05, 0.1) is 5.56 Å². The second-order valence-electron chi connectivity index (χ2n) is 3.82. The van der Waals surface area contributed by atoms with Gasteiger partial charge < -0.3 is 5.73 Å². The van der Waals surface area contributed by atoms with Crippen LogP contribution in [0, 0.1) is 0 Å². The van der Waals surface area contributed by atoms with Gasteiger partial charge in [-0.05, 0) is 35.9 Å². The van der Waals surface area contributed by atoms with E-state index in [9.17, 15) is 13.2 Å². The van der Waals surface area contributed by atoms with Gasteiger partial charge in [-0.25, -0.2) is 0 Å². The Hall–Kier alpha value is -1.68. The van der Waals surface area contributed by atoms with Crippen molar-refractivity contribution in [3.63, 3.8) is 0 Å². The van der Waals surface area contributed by atoms with Crippen LogP contribution in [0.4, 0.5) is 18.9 Å². The van der Waals surface area contributed by atoms with Gasteiger partial charge in [0.2, 0.25) is 0 Å². The van der Waals surface area contributed by atoms with Gasteiger partial charge in [0.1, 0.15) is 0 Å². The summed E-state index contributed by atoms with van der Waals surface area (Å²) >= 11 is 5.96. The van der Waals surface area contributed by atoms with Gasteiger partial charge in [0, 0.05) is 16.3 Å². The molecule has 94 valence electrons. The van der Waals surface area contributed by atoms with E-state index in [0.717, 1.165) is 12.1 Å². The number of hydrogen-bond acceptors (Lipinski definition) is 1. The van der Waals surface area contributed by atoms with Crippen molar-refractivity contribution in [2.24, 2.45) is 0 Å². The van der Waals surface area contributed by atoms with Crippen molar-refractivity contribution in [2.75, 3.05) is 5.73 Å². The molecule has 0 saturated heterocycles. The Balaban J connectivity index is 2.55. The van der Waals surface area contributed by atoms with Crippen molar-refractivity contribution in [3.8, 4) is 11.1 Å². The summed E-state index contributed by atoms with van der Waals surface area (Å²) in [6, 6.07) is 9.70. The van der Waals surface area contributed by atoms with Crippen molar-refractivity contribution >= 4 is 17.3 Å². The maximum atomic E-state index is 12.6. The molecule has 0 aromatic heterocycles. The molecule has 0 aliphatic heterocycles. The molecular weight excluding hydrogens is 263 g/mol. The predicted octanol–water partition coefficient (Wildman–Crippen LogP) is 4.61. The van der Waals surface area contributed by atoms with Crippen LogP contribution in [0.1, 0.15) is 5.56 Å². The minimum absolute atomic E-state index is 0.364. The first-order valence-electron chi connectivity index (χ1n) is 5.10. The number of nitrogens with two attached hydrogens (primary N) is 1. The SMILES string of the molecule is Nc1ccc(Cl)c(-c2cccc(C(F)(F)F)c2)c1. The van der Waals surface area contributed by atoms with Crippen molar-refractivity contribution in [2.45, 2.75) is 6.18 Å². The van der Waals surface area contributed by atoms with Crippen molar-refractivity contribution in [1.82, 2.24) is 0 Å². The monoisotopic (exact) mass is 271 g/mol. The van der Waals surface area contributed by atoms with Crippen LogP contribution in [0.15, 0.2) is 42.5 Å². The van der Waals surface area contributed by atoms with Gasteiger partial charge in [-0.3, -0.25) is 0 Å². The van der Waals surface area contributed by atoms with E-state index in [1.165, 1.54) is 6.07 Å². The van der Waals surface area contributed by atoms with Gasteiger partial charge in [-0.1, -0.05) is 23.7 Å². The fourth-order valence-electron chi connectivity index (χ4n) is 1.63. The molecule has 2 rings (SSSR count). The summed E-state index contributed by atoms with van der Waals surface area (Å²) in [4.78, 5) is 0. The third-order valence-corrected chi connectivity index (χ3v) is 2.82. The number of nitrogen functional groups attached to an aromatic ring is 1. The second kappa shape index (κ2) is 4.53. The van der Waals surface area contributed by atoms with E-state index in [0.29, 0.717) is 21.8 Å². The van der Waals surface area contributed by atoms with E-state index < -0.39 is 11.7 Å². The maximum absolute atomic E-state index is 12.6. The molecule has 2 aromatic rings. The highest BCUT2D eigenvalue weighted by atomic mass is 35.5. The quantitative estimate of drug-likeness (QED) is 0.753. The highest BCUT2D eigenvalue weighted by molar-refractivity contribution is 6.33. The molecule has 0 fully saturated rings. The highest BCUT2D eigenvalue weighted by Crippen LogP contribution is 2.35. The average molecular weight is 272 g/mol. The minimum Gasteiger partial charge on any atom is -0.399 e. The standard InChI is InChI=1S/C13H9ClF3N/c14-12-5-4-10(18)7-11(12)8-2-1-3-9(6-8)13(15,16)17/h1-7H,18H2. The molecule has 5 heteroatoms. The van der Waals surface area contributed by atoms with E-state index in [1.807, 2.05) is 0 Å². The Morgan fingerprint density at radius 2 is 1.72 bits per heavy atom. The minimum atomic E-state index is -4.37. The van der Waals surface area contributed by atoms with E-state index in [-0.39, 0.29) is 0 Å². The molecular formula is C13H9ClF3N. The summed E-state index contributed by atoms with van der Waals surface area (Å²) in [5.41, 5.74) is 6.23. The number of alkyl halides is 3. The van der Waals surface area contributed by atoms with Gasteiger partial charge in [-0.2, -0.15) is 13.2 Å². The van der Waals surface area contributed by atoms with Crippen molar-refractivity contribution in [1.29, 1.82) is 0 Å². The lowest BCUT2D eigenvalue weighted by atomic mass is 10.0. The smallest absolute Gasteiger partial charge is 0.399 e. The van der Waals surface area contributed by atoms with Gasteiger partial charge in [-0.15, -0.1) is 0 Å². The number of rotatable bonds is 1. The van der Waals surface area contributed by atoms with Crippen LogP contribution < -0.4 is 5.73 Å². The van der Waals surface area contributed by atoms with Crippen LogP contribution in [0.3, 0.4) is 0 Å².